The van der Waals surface area contributed by atoms with Gasteiger partial charge in [0.1, 0.15) is 11.3 Å². The van der Waals surface area contributed by atoms with E-state index in [0.29, 0.717) is 0 Å². The SMILES string of the molecule is Cc1ccc2c(c1)OC1(O)c3c(cccc3[N+](=O)[O-])C(=O)C21O. The standard InChI is InChI=1S/C16H11NO6/c1-8-5-6-10-12(7-8)23-16(20)13-9(14(18)15(10,16)19)3-2-4-11(13)17(21)22/h2-7,19-20H,1H3. The maximum Gasteiger partial charge on any atom is 0.283 e. The number of aliphatic hydroxyl groups is 2. The molecule has 0 fully saturated rings. The zero-order chi connectivity index (χ0) is 16.6. The number of carbonyl (C=O) groups is 1. The van der Waals surface area contributed by atoms with Gasteiger partial charge in [-0.3, -0.25) is 14.9 Å². The van der Waals surface area contributed by atoms with Crippen LogP contribution in [-0.4, -0.2) is 20.9 Å². The van der Waals surface area contributed by atoms with Crippen molar-refractivity contribution >= 4 is 11.5 Å². The van der Waals surface area contributed by atoms with Crippen molar-refractivity contribution in [3.8, 4) is 5.75 Å². The van der Waals surface area contributed by atoms with E-state index < -0.39 is 27.8 Å². The molecule has 1 aliphatic heterocycles. The number of hydrogen-bond donors (Lipinski definition) is 2. The fourth-order valence-electron chi connectivity index (χ4n) is 3.37. The highest BCUT2D eigenvalue weighted by Crippen LogP contribution is 2.59. The molecule has 0 saturated heterocycles. The molecule has 0 saturated carbocycles. The summed E-state index contributed by atoms with van der Waals surface area (Å²) < 4.78 is 5.47. The van der Waals surface area contributed by atoms with Gasteiger partial charge in [0.25, 0.3) is 11.5 Å². The molecule has 0 aromatic heterocycles. The molecule has 1 heterocycles. The maximum atomic E-state index is 12.7. The molecule has 7 heteroatoms. The Balaban J connectivity index is 2.07. The zero-order valence-electron chi connectivity index (χ0n) is 11.9. The fraction of sp³-hybridized carbons (Fsp3) is 0.188. The Hall–Kier alpha value is -2.77. The molecule has 2 N–H and O–H groups in total. The summed E-state index contributed by atoms with van der Waals surface area (Å²) in [6.07, 6.45) is 0. The zero-order valence-corrected chi connectivity index (χ0v) is 11.9. The highest BCUT2D eigenvalue weighted by Gasteiger charge is 2.72. The van der Waals surface area contributed by atoms with Gasteiger partial charge in [0.05, 0.1) is 4.92 Å². The number of Topliss-reactive ketones (excluding diaryl/α,β-unsaturated/α-hetero) is 1. The molecular formula is C16H11NO6. The van der Waals surface area contributed by atoms with Gasteiger partial charge in [-0.2, -0.15) is 0 Å². The number of ketones is 1. The molecule has 1 aliphatic carbocycles. The van der Waals surface area contributed by atoms with E-state index in [1.807, 2.05) is 0 Å². The number of nitrogens with zero attached hydrogens (tertiary/aromatic N) is 1. The number of aryl methyl sites for hydroxylation is 1. The fourth-order valence-corrected chi connectivity index (χ4v) is 3.37. The van der Waals surface area contributed by atoms with Crippen LogP contribution in [0, 0.1) is 17.0 Å². The molecule has 4 rings (SSSR count). The highest BCUT2D eigenvalue weighted by atomic mass is 16.7. The van der Waals surface area contributed by atoms with Crippen molar-refractivity contribution in [1.82, 2.24) is 0 Å². The smallest absolute Gasteiger partial charge is 0.283 e. The summed E-state index contributed by atoms with van der Waals surface area (Å²) in [4.78, 5) is 23.3. The van der Waals surface area contributed by atoms with Crippen LogP contribution in [0.3, 0.4) is 0 Å². The summed E-state index contributed by atoms with van der Waals surface area (Å²) in [6, 6.07) is 8.53. The van der Waals surface area contributed by atoms with E-state index in [1.165, 1.54) is 18.2 Å². The van der Waals surface area contributed by atoms with Crippen LogP contribution in [0.25, 0.3) is 0 Å². The largest absolute Gasteiger partial charge is 0.453 e. The van der Waals surface area contributed by atoms with Crippen LogP contribution >= 0.6 is 0 Å². The maximum absolute atomic E-state index is 12.7. The van der Waals surface area contributed by atoms with Crippen molar-refractivity contribution in [2.24, 2.45) is 0 Å². The molecule has 0 bridgehead atoms. The molecule has 7 nitrogen and oxygen atoms in total. The summed E-state index contributed by atoms with van der Waals surface area (Å²) in [7, 11) is 0. The summed E-state index contributed by atoms with van der Waals surface area (Å²) >= 11 is 0. The third kappa shape index (κ3) is 1.38. The first-order valence-corrected chi connectivity index (χ1v) is 6.88. The normalized spacial score (nSPS) is 27.2. The van der Waals surface area contributed by atoms with E-state index in [2.05, 4.69) is 0 Å². The minimum atomic E-state index is -2.51. The number of nitro benzene ring substituents is 1. The second-order valence-corrected chi connectivity index (χ2v) is 5.74. The Morgan fingerprint density at radius 3 is 2.65 bits per heavy atom. The first-order chi connectivity index (χ1) is 10.8. The molecule has 2 aliphatic rings. The molecule has 2 atom stereocenters. The number of nitro groups is 1. The van der Waals surface area contributed by atoms with Gasteiger partial charge in [-0.25, -0.2) is 0 Å². The van der Waals surface area contributed by atoms with E-state index in [1.54, 1.807) is 19.1 Å². The molecule has 0 amide bonds. The van der Waals surface area contributed by atoms with Crippen LogP contribution in [0.1, 0.15) is 27.0 Å². The molecule has 2 aromatic rings. The van der Waals surface area contributed by atoms with Crippen molar-refractivity contribution in [3.05, 3.63) is 68.8 Å². The molecule has 2 unspecified atom stereocenters. The van der Waals surface area contributed by atoms with Gasteiger partial charge in [-0.15, -0.1) is 0 Å². The Bertz CT molecular complexity index is 907. The summed E-state index contributed by atoms with van der Waals surface area (Å²) in [5, 5.41) is 33.2. The third-order valence-electron chi connectivity index (χ3n) is 4.43. The summed E-state index contributed by atoms with van der Waals surface area (Å²) in [6.45, 7) is 1.78. The third-order valence-corrected chi connectivity index (χ3v) is 4.43. The van der Waals surface area contributed by atoms with Gasteiger partial charge in [0.15, 0.2) is 0 Å². The van der Waals surface area contributed by atoms with Gasteiger partial charge in [-0.05, 0) is 18.6 Å². The van der Waals surface area contributed by atoms with Crippen LogP contribution in [0.5, 0.6) is 5.75 Å². The van der Waals surface area contributed by atoms with E-state index in [-0.39, 0.29) is 22.4 Å². The number of ether oxygens (including phenoxy) is 1. The number of rotatable bonds is 1. The molecular weight excluding hydrogens is 302 g/mol. The Labute approximate surface area is 129 Å². The minimum Gasteiger partial charge on any atom is -0.453 e. The van der Waals surface area contributed by atoms with Crippen molar-refractivity contribution < 1.29 is 24.7 Å². The van der Waals surface area contributed by atoms with E-state index in [9.17, 15) is 25.1 Å². The van der Waals surface area contributed by atoms with Crippen LogP contribution in [0.15, 0.2) is 36.4 Å². The summed E-state index contributed by atoms with van der Waals surface area (Å²) in [5.74, 6) is -3.20. The van der Waals surface area contributed by atoms with Crippen molar-refractivity contribution in [2.75, 3.05) is 0 Å². The number of fused-ring (bicyclic) bond motifs is 5. The predicted octanol–water partition coefficient (Wildman–Crippen LogP) is 1.52. The second kappa shape index (κ2) is 3.95. The summed E-state index contributed by atoms with van der Waals surface area (Å²) in [5.41, 5.74) is -2.40. The van der Waals surface area contributed by atoms with Gasteiger partial charge in [0.2, 0.25) is 11.4 Å². The highest BCUT2D eigenvalue weighted by molar-refractivity contribution is 6.10. The number of hydrogen-bond acceptors (Lipinski definition) is 6. The average Bonchev–Trinajstić information content (AvgIpc) is 2.83. The van der Waals surface area contributed by atoms with Crippen LogP contribution in [0.4, 0.5) is 5.69 Å². The number of benzene rings is 2. The van der Waals surface area contributed by atoms with Crippen molar-refractivity contribution in [2.45, 2.75) is 18.3 Å². The van der Waals surface area contributed by atoms with Crippen LogP contribution in [-0.2, 0) is 11.4 Å². The molecule has 23 heavy (non-hydrogen) atoms. The topological polar surface area (TPSA) is 110 Å². The molecule has 2 aromatic carbocycles. The minimum absolute atomic E-state index is 0.0982. The predicted molar refractivity (Wildman–Crippen MR) is 77.0 cm³/mol. The van der Waals surface area contributed by atoms with E-state index in [4.69, 9.17) is 4.74 Å². The van der Waals surface area contributed by atoms with Crippen molar-refractivity contribution in [1.29, 1.82) is 0 Å². The first kappa shape index (κ1) is 13.9. The Morgan fingerprint density at radius 1 is 1.22 bits per heavy atom. The lowest BCUT2D eigenvalue weighted by Gasteiger charge is -2.28. The molecule has 0 spiro atoms. The Kier molecular flexibility index (Phi) is 2.38. The number of carbonyl (C=O) groups excluding carboxylic acids is 1. The van der Waals surface area contributed by atoms with Gasteiger partial charge < -0.3 is 14.9 Å². The molecule has 116 valence electrons. The monoisotopic (exact) mass is 313 g/mol. The lowest BCUT2D eigenvalue weighted by Crippen LogP contribution is -2.48. The Morgan fingerprint density at radius 2 is 1.96 bits per heavy atom. The molecule has 0 radical (unpaired) electrons. The first-order valence-electron chi connectivity index (χ1n) is 6.88. The lowest BCUT2D eigenvalue weighted by atomic mass is 9.86. The van der Waals surface area contributed by atoms with Crippen LogP contribution in [0.2, 0.25) is 0 Å². The van der Waals surface area contributed by atoms with Crippen molar-refractivity contribution in [3.63, 3.8) is 0 Å². The van der Waals surface area contributed by atoms with Gasteiger partial charge in [-0.1, -0.05) is 24.3 Å². The lowest BCUT2D eigenvalue weighted by molar-refractivity contribution is -0.388. The quantitative estimate of drug-likeness (QED) is 0.610. The van der Waals surface area contributed by atoms with E-state index in [0.717, 1.165) is 11.6 Å². The average molecular weight is 313 g/mol. The van der Waals surface area contributed by atoms with E-state index >= 15 is 0 Å². The second-order valence-electron chi connectivity index (χ2n) is 5.74. The van der Waals surface area contributed by atoms with Crippen LogP contribution < -0.4 is 4.74 Å². The van der Waals surface area contributed by atoms with Gasteiger partial charge in [0, 0.05) is 17.2 Å². The van der Waals surface area contributed by atoms with Gasteiger partial charge >= 0.3 is 0 Å².